The van der Waals surface area contributed by atoms with Gasteiger partial charge in [0.2, 0.25) is 0 Å². The first-order valence-corrected chi connectivity index (χ1v) is 7.20. The third kappa shape index (κ3) is 3.14. The fourth-order valence-electron chi connectivity index (χ4n) is 2.42. The lowest BCUT2D eigenvalue weighted by Crippen LogP contribution is -2.11. The van der Waals surface area contributed by atoms with E-state index in [-0.39, 0.29) is 0 Å². The van der Waals surface area contributed by atoms with E-state index in [1.165, 1.54) is 16.8 Å². The van der Waals surface area contributed by atoms with Crippen molar-refractivity contribution in [3.05, 3.63) is 58.1 Å². The summed E-state index contributed by atoms with van der Waals surface area (Å²) >= 11 is 6.32. The van der Waals surface area contributed by atoms with Crippen molar-refractivity contribution in [2.75, 3.05) is 18.5 Å². The van der Waals surface area contributed by atoms with Gasteiger partial charge in [-0.25, -0.2) is 0 Å². The van der Waals surface area contributed by atoms with Crippen molar-refractivity contribution in [1.82, 2.24) is 0 Å². The molecule has 0 aromatic heterocycles. The van der Waals surface area contributed by atoms with Gasteiger partial charge in [0.05, 0.1) is 0 Å². The smallest absolute Gasteiger partial charge is 0.0459 e. The number of rotatable bonds is 4. The Morgan fingerprint density at radius 3 is 2.45 bits per heavy atom. The van der Waals surface area contributed by atoms with Gasteiger partial charge in [-0.05, 0) is 56.1 Å². The van der Waals surface area contributed by atoms with Crippen LogP contribution >= 0.6 is 11.6 Å². The van der Waals surface area contributed by atoms with Crippen LogP contribution in [0.5, 0.6) is 0 Å². The van der Waals surface area contributed by atoms with E-state index >= 15 is 0 Å². The van der Waals surface area contributed by atoms with Crippen LogP contribution in [0.15, 0.2) is 36.4 Å². The van der Waals surface area contributed by atoms with Crippen LogP contribution in [0.25, 0.3) is 0 Å². The van der Waals surface area contributed by atoms with Crippen LogP contribution in [0.2, 0.25) is 5.02 Å². The van der Waals surface area contributed by atoms with Gasteiger partial charge in [0.15, 0.2) is 0 Å². The molecule has 0 radical (unpaired) electrons. The van der Waals surface area contributed by atoms with E-state index in [0.717, 1.165) is 22.7 Å². The second-order valence-electron chi connectivity index (χ2n) is 5.16. The van der Waals surface area contributed by atoms with E-state index in [0.29, 0.717) is 6.54 Å². The Hall–Kier alpha value is -1.51. The zero-order chi connectivity index (χ0) is 14.7. The molecule has 2 aromatic rings. The van der Waals surface area contributed by atoms with Crippen molar-refractivity contribution < 1.29 is 0 Å². The van der Waals surface area contributed by atoms with Crippen molar-refractivity contribution in [2.45, 2.75) is 20.3 Å². The Morgan fingerprint density at radius 1 is 1.10 bits per heavy atom. The number of hydrogen-bond donors (Lipinski definition) is 1. The molecule has 0 amide bonds. The summed E-state index contributed by atoms with van der Waals surface area (Å²) in [5, 5.41) is 0.782. The Balaban J connectivity index is 2.33. The fraction of sp³-hybridized carbons (Fsp3) is 0.294. The maximum absolute atomic E-state index is 6.32. The molecule has 0 aliphatic rings. The molecular weight excluding hydrogens is 268 g/mol. The number of hydrogen-bond acceptors (Lipinski definition) is 2. The predicted octanol–water partition coefficient (Wildman–Crippen LogP) is 4.23. The average molecular weight is 289 g/mol. The molecule has 0 heterocycles. The zero-order valence-electron chi connectivity index (χ0n) is 12.3. The van der Waals surface area contributed by atoms with Gasteiger partial charge in [0.1, 0.15) is 0 Å². The second kappa shape index (κ2) is 6.29. The monoisotopic (exact) mass is 288 g/mol. The van der Waals surface area contributed by atoms with Crippen LogP contribution in [0.4, 0.5) is 11.4 Å². The molecule has 0 unspecified atom stereocenters. The molecule has 0 saturated heterocycles. The number of benzene rings is 2. The first kappa shape index (κ1) is 14.9. The van der Waals surface area contributed by atoms with Crippen molar-refractivity contribution in [2.24, 2.45) is 5.73 Å². The first-order valence-electron chi connectivity index (χ1n) is 6.82. The molecule has 0 fully saturated rings. The van der Waals surface area contributed by atoms with Crippen molar-refractivity contribution in [1.29, 1.82) is 0 Å². The molecule has 2 nitrogen and oxygen atoms in total. The topological polar surface area (TPSA) is 29.3 Å². The second-order valence-corrected chi connectivity index (χ2v) is 5.57. The standard InChI is InChI=1S/C17H21ClN2/c1-12-4-7-17(13(2)10-12)20(3)15-6-5-14(8-9-19)16(18)11-15/h4-7,10-11H,8-9,19H2,1-3H3. The number of anilines is 2. The van der Waals surface area contributed by atoms with E-state index in [1.807, 2.05) is 6.07 Å². The van der Waals surface area contributed by atoms with Crippen LogP contribution in [0.3, 0.4) is 0 Å². The molecule has 2 aromatic carbocycles. The summed E-state index contributed by atoms with van der Waals surface area (Å²) in [5.41, 5.74) is 11.5. The highest BCUT2D eigenvalue weighted by molar-refractivity contribution is 6.31. The van der Waals surface area contributed by atoms with Crippen LogP contribution < -0.4 is 10.6 Å². The molecule has 0 aliphatic heterocycles. The van der Waals surface area contributed by atoms with E-state index < -0.39 is 0 Å². The summed E-state index contributed by atoms with van der Waals surface area (Å²) in [6.07, 6.45) is 0.812. The normalized spacial score (nSPS) is 10.7. The minimum absolute atomic E-state index is 0.617. The summed E-state index contributed by atoms with van der Waals surface area (Å²) in [7, 11) is 2.06. The number of aryl methyl sites for hydroxylation is 2. The van der Waals surface area contributed by atoms with Gasteiger partial charge in [0.25, 0.3) is 0 Å². The minimum atomic E-state index is 0.617. The van der Waals surface area contributed by atoms with Crippen molar-refractivity contribution in [3.63, 3.8) is 0 Å². The molecular formula is C17H21ClN2. The molecule has 2 N–H and O–H groups in total. The van der Waals surface area contributed by atoms with Crippen LogP contribution in [0.1, 0.15) is 16.7 Å². The Kier molecular flexibility index (Phi) is 4.69. The zero-order valence-corrected chi connectivity index (χ0v) is 13.0. The largest absolute Gasteiger partial charge is 0.344 e. The lowest BCUT2D eigenvalue weighted by molar-refractivity contribution is 0.968. The Bertz CT molecular complexity index is 608. The van der Waals surface area contributed by atoms with Crippen LogP contribution in [0, 0.1) is 13.8 Å². The number of nitrogens with two attached hydrogens (primary N) is 1. The first-order chi connectivity index (χ1) is 9.52. The number of halogens is 1. The van der Waals surface area contributed by atoms with E-state index in [4.69, 9.17) is 17.3 Å². The molecule has 3 heteroatoms. The SMILES string of the molecule is Cc1ccc(N(C)c2ccc(CCN)c(Cl)c2)c(C)c1. The average Bonchev–Trinajstić information content (AvgIpc) is 2.40. The van der Waals surface area contributed by atoms with Gasteiger partial charge in [-0.3, -0.25) is 0 Å². The number of nitrogens with zero attached hydrogens (tertiary/aromatic N) is 1. The summed E-state index contributed by atoms with van der Waals surface area (Å²) < 4.78 is 0. The van der Waals surface area contributed by atoms with Crippen LogP contribution in [-0.2, 0) is 6.42 Å². The fourth-order valence-corrected chi connectivity index (χ4v) is 2.69. The molecule has 0 atom stereocenters. The molecule has 0 saturated carbocycles. The van der Waals surface area contributed by atoms with Gasteiger partial charge < -0.3 is 10.6 Å². The van der Waals surface area contributed by atoms with Gasteiger partial charge in [-0.1, -0.05) is 35.4 Å². The molecule has 106 valence electrons. The third-order valence-corrected chi connectivity index (χ3v) is 3.90. The highest BCUT2D eigenvalue weighted by Gasteiger charge is 2.09. The van der Waals surface area contributed by atoms with E-state index in [9.17, 15) is 0 Å². The van der Waals surface area contributed by atoms with Gasteiger partial charge in [-0.15, -0.1) is 0 Å². The molecule has 0 aliphatic carbocycles. The summed E-state index contributed by atoms with van der Waals surface area (Å²) in [6.45, 7) is 4.85. The Morgan fingerprint density at radius 2 is 1.85 bits per heavy atom. The summed E-state index contributed by atoms with van der Waals surface area (Å²) in [6, 6.07) is 12.6. The van der Waals surface area contributed by atoms with Gasteiger partial charge >= 0.3 is 0 Å². The summed E-state index contributed by atoms with van der Waals surface area (Å²) in [4.78, 5) is 2.16. The molecule has 0 spiro atoms. The maximum atomic E-state index is 6.32. The molecule has 20 heavy (non-hydrogen) atoms. The van der Waals surface area contributed by atoms with E-state index in [2.05, 4.69) is 56.1 Å². The van der Waals surface area contributed by atoms with Crippen molar-refractivity contribution in [3.8, 4) is 0 Å². The maximum Gasteiger partial charge on any atom is 0.0459 e. The van der Waals surface area contributed by atoms with E-state index in [1.54, 1.807) is 0 Å². The lowest BCUT2D eigenvalue weighted by atomic mass is 10.1. The predicted molar refractivity (Wildman–Crippen MR) is 88.2 cm³/mol. The molecule has 0 bridgehead atoms. The quantitative estimate of drug-likeness (QED) is 0.912. The minimum Gasteiger partial charge on any atom is -0.344 e. The Labute approximate surface area is 126 Å². The highest BCUT2D eigenvalue weighted by Crippen LogP contribution is 2.30. The third-order valence-electron chi connectivity index (χ3n) is 3.55. The lowest BCUT2D eigenvalue weighted by Gasteiger charge is -2.22. The van der Waals surface area contributed by atoms with Gasteiger partial charge in [0, 0.05) is 23.4 Å². The molecule has 2 rings (SSSR count). The van der Waals surface area contributed by atoms with Crippen LogP contribution in [-0.4, -0.2) is 13.6 Å². The van der Waals surface area contributed by atoms with Gasteiger partial charge in [-0.2, -0.15) is 0 Å². The highest BCUT2D eigenvalue weighted by atomic mass is 35.5. The van der Waals surface area contributed by atoms with Crippen molar-refractivity contribution >= 4 is 23.0 Å². The summed E-state index contributed by atoms with van der Waals surface area (Å²) in [5.74, 6) is 0.